The average Bonchev–Trinajstić information content (AvgIpc) is 2.53. The molecule has 0 bridgehead atoms. The Kier molecular flexibility index (Phi) is 4.88. The molecule has 4 nitrogen and oxygen atoms in total. The molecule has 1 fully saturated rings. The fourth-order valence-corrected chi connectivity index (χ4v) is 3.42. The molecule has 116 valence electrons. The minimum Gasteiger partial charge on any atom is -0.486 e. The Morgan fingerprint density at radius 3 is 2.95 bits per heavy atom. The van der Waals surface area contributed by atoms with Gasteiger partial charge in [0.05, 0.1) is 5.02 Å². The number of likely N-dealkylation sites (N-methyl/N-ethyl adjacent to an activating group) is 1. The van der Waals surface area contributed by atoms with E-state index >= 15 is 0 Å². The predicted octanol–water partition coefficient (Wildman–Crippen LogP) is 2.69. The maximum absolute atomic E-state index is 6.32. The monoisotopic (exact) mass is 310 g/mol. The van der Waals surface area contributed by atoms with Crippen LogP contribution in [-0.4, -0.2) is 43.8 Å². The summed E-state index contributed by atoms with van der Waals surface area (Å²) in [7, 11) is 0. The molecule has 0 saturated carbocycles. The van der Waals surface area contributed by atoms with Gasteiger partial charge in [-0.2, -0.15) is 0 Å². The molecule has 3 rings (SSSR count). The van der Waals surface area contributed by atoms with Crippen molar-refractivity contribution in [2.45, 2.75) is 32.4 Å². The molecule has 0 aromatic heterocycles. The highest BCUT2D eigenvalue weighted by molar-refractivity contribution is 6.32. The van der Waals surface area contributed by atoms with Crippen LogP contribution in [0.3, 0.4) is 0 Å². The normalized spacial score (nSPS) is 21.6. The van der Waals surface area contributed by atoms with Gasteiger partial charge < -0.3 is 14.8 Å². The summed E-state index contributed by atoms with van der Waals surface area (Å²) in [6, 6.07) is 4.68. The smallest absolute Gasteiger partial charge is 0.179 e. The number of hydrogen-bond acceptors (Lipinski definition) is 4. The van der Waals surface area contributed by atoms with Crippen molar-refractivity contribution < 1.29 is 9.47 Å². The van der Waals surface area contributed by atoms with Gasteiger partial charge in [0.1, 0.15) is 13.2 Å². The Bertz CT molecular complexity index is 489. The quantitative estimate of drug-likeness (QED) is 0.927. The lowest BCUT2D eigenvalue weighted by Crippen LogP contribution is -2.45. The van der Waals surface area contributed by atoms with Gasteiger partial charge in [-0.3, -0.25) is 4.90 Å². The number of benzene rings is 1. The Morgan fingerprint density at radius 2 is 2.19 bits per heavy atom. The lowest BCUT2D eigenvalue weighted by molar-refractivity contribution is 0.162. The van der Waals surface area contributed by atoms with Crippen LogP contribution in [0, 0.1) is 0 Å². The number of hydrogen-bond donors (Lipinski definition) is 1. The molecule has 2 aliphatic heterocycles. The molecule has 2 heterocycles. The zero-order valence-corrected chi connectivity index (χ0v) is 13.3. The molecule has 2 aliphatic rings. The van der Waals surface area contributed by atoms with E-state index in [1.807, 2.05) is 6.07 Å². The molecular weight excluding hydrogens is 288 g/mol. The highest BCUT2D eigenvalue weighted by Crippen LogP contribution is 2.38. The van der Waals surface area contributed by atoms with Crippen LogP contribution in [-0.2, 0) is 6.54 Å². The zero-order chi connectivity index (χ0) is 14.7. The van der Waals surface area contributed by atoms with E-state index in [2.05, 4.69) is 23.2 Å². The van der Waals surface area contributed by atoms with Gasteiger partial charge in [-0.05, 0) is 43.6 Å². The van der Waals surface area contributed by atoms with Gasteiger partial charge in [0.25, 0.3) is 0 Å². The molecule has 1 aromatic carbocycles. The van der Waals surface area contributed by atoms with Gasteiger partial charge in [-0.25, -0.2) is 0 Å². The minimum atomic E-state index is 0.570. The van der Waals surface area contributed by atoms with Crippen LogP contribution in [0.4, 0.5) is 0 Å². The zero-order valence-electron chi connectivity index (χ0n) is 12.5. The van der Waals surface area contributed by atoms with E-state index < -0.39 is 0 Å². The highest BCUT2D eigenvalue weighted by atomic mass is 35.5. The van der Waals surface area contributed by atoms with Crippen molar-refractivity contribution in [2.24, 2.45) is 0 Å². The predicted molar refractivity (Wildman–Crippen MR) is 84.4 cm³/mol. The fourth-order valence-electron chi connectivity index (χ4n) is 3.13. The third-order valence-corrected chi connectivity index (χ3v) is 4.52. The average molecular weight is 311 g/mol. The molecule has 0 amide bonds. The maximum atomic E-state index is 6.32. The van der Waals surface area contributed by atoms with Crippen molar-refractivity contribution in [1.29, 1.82) is 0 Å². The molecular formula is C16H23ClN2O2. The molecule has 1 unspecified atom stereocenters. The van der Waals surface area contributed by atoms with Gasteiger partial charge >= 0.3 is 0 Å². The van der Waals surface area contributed by atoms with Crippen LogP contribution >= 0.6 is 11.6 Å². The molecule has 0 aliphatic carbocycles. The second-order valence-electron chi connectivity index (χ2n) is 5.67. The van der Waals surface area contributed by atoms with E-state index in [-0.39, 0.29) is 0 Å². The molecule has 21 heavy (non-hydrogen) atoms. The van der Waals surface area contributed by atoms with Gasteiger partial charge in [-0.15, -0.1) is 0 Å². The number of fused-ring (bicyclic) bond motifs is 1. The number of nitrogens with zero attached hydrogens (tertiary/aromatic N) is 1. The molecule has 1 aromatic rings. The Labute approximate surface area is 131 Å². The van der Waals surface area contributed by atoms with Crippen molar-refractivity contribution in [3.05, 3.63) is 22.7 Å². The highest BCUT2D eigenvalue weighted by Gasteiger charge is 2.22. The minimum absolute atomic E-state index is 0.570. The first-order valence-corrected chi connectivity index (χ1v) is 8.18. The van der Waals surface area contributed by atoms with Gasteiger partial charge in [0, 0.05) is 19.1 Å². The topological polar surface area (TPSA) is 33.7 Å². The van der Waals surface area contributed by atoms with E-state index in [0.29, 0.717) is 30.0 Å². The van der Waals surface area contributed by atoms with E-state index in [1.165, 1.54) is 18.4 Å². The summed E-state index contributed by atoms with van der Waals surface area (Å²) in [6.45, 7) is 7.54. The van der Waals surface area contributed by atoms with Crippen LogP contribution in [0.2, 0.25) is 5.02 Å². The van der Waals surface area contributed by atoms with E-state index in [9.17, 15) is 0 Å². The largest absolute Gasteiger partial charge is 0.486 e. The summed E-state index contributed by atoms with van der Waals surface area (Å²) >= 11 is 6.32. The van der Waals surface area contributed by atoms with Crippen LogP contribution in [0.5, 0.6) is 11.5 Å². The first kappa shape index (κ1) is 14.9. The number of rotatable bonds is 4. The van der Waals surface area contributed by atoms with Gasteiger partial charge in [0.15, 0.2) is 11.5 Å². The molecule has 0 radical (unpaired) electrons. The van der Waals surface area contributed by atoms with Crippen LogP contribution in [0.15, 0.2) is 12.1 Å². The lowest BCUT2D eigenvalue weighted by atomic mass is 10.0. The number of nitrogens with one attached hydrogen (secondary N) is 1. The Balaban J connectivity index is 1.75. The third kappa shape index (κ3) is 3.44. The van der Waals surface area contributed by atoms with Crippen molar-refractivity contribution in [2.75, 3.05) is 32.8 Å². The van der Waals surface area contributed by atoms with E-state index in [4.69, 9.17) is 21.1 Å². The number of ether oxygens (including phenoxy) is 2. The summed E-state index contributed by atoms with van der Waals surface area (Å²) in [4.78, 5) is 2.51. The number of piperidine rings is 1. The summed E-state index contributed by atoms with van der Waals surface area (Å²) in [5, 5.41) is 4.14. The number of halogens is 1. The summed E-state index contributed by atoms with van der Waals surface area (Å²) in [5.41, 5.74) is 1.19. The second-order valence-corrected chi connectivity index (χ2v) is 6.07. The fraction of sp³-hybridized carbons (Fsp3) is 0.625. The second kappa shape index (κ2) is 6.86. The van der Waals surface area contributed by atoms with E-state index in [0.717, 1.165) is 31.9 Å². The molecule has 1 atom stereocenters. The van der Waals surface area contributed by atoms with Crippen molar-refractivity contribution in [1.82, 2.24) is 10.2 Å². The summed E-state index contributed by atoms with van der Waals surface area (Å²) in [5.74, 6) is 1.47. The standard InChI is InChI=1S/C16H23ClN2O2/c1-2-19(13-4-3-5-18-10-13)11-12-8-14(17)16-15(9-12)20-6-7-21-16/h8-9,13,18H,2-7,10-11H2,1H3. The molecule has 5 heteroatoms. The first-order chi connectivity index (χ1) is 10.3. The van der Waals surface area contributed by atoms with E-state index in [1.54, 1.807) is 0 Å². The molecule has 0 spiro atoms. The Hall–Kier alpha value is -0.970. The summed E-state index contributed by atoms with van der Waals surface area (Å²) in [6.07, 6.45) is 2.52. The Morgan fingerprint density at radius 1 is 1.33 bits per heavy atom. The van der Waals surface area contributed by atoms with Crippen molar-refractivity contribution in [3.63, 3.8) is 0 Å². The van der Waals surface area contributed by atoms with Crippen molar-refractivity contribution in [3.8, 4) is 11.5 Å². The molecule has 1 saturated heterocycles. The maximum Gasteiger partial charge on any atom is 0.179 e. The van der Waals surface area contributed by atoms with Gasteiger partial charge in [-0.1, -0.05) is 18.5 Å². The van der Waals surface area contributed by atoms with Crippen LogP contribution in [0.25, 0.3) is 0 Å². The van der Waals surface area contributed by atoms with Crippen molar-refractivity contribution >= 4 is 11.6 Å². The SMILES string of the molecule is CCN(Cc1cc(Cl)c2c(c1)OCCO2)C1CCCNC1. The first-order valence-electron chi connectivity index (χ1n) is 7.80. The summed E-state index contributed by atoms with van der Waals surface area (Å²) < 4.78 is 11.2. The third-order valence-electron chi connectivity index (χ3n) is 4.24. The molecule has 1 N–H and O–H groups in total. The van der Waals surface area contributed by atoms with Crippen LogP contribution < -0.4 is 14.8 Å². The van der Waals surface area contributed by atoms with Gasteiger partial charge in [0.2, 0.25) is 0 Å². The lowest BCUT2D eigenvalue weighted by Gasteiger charge is -2.34. The van der Waals surface area contributed by atoms with Crippen LogP contribution in [0.1, 0.15) is 25.3 Å².